The average Bonchev–Trinajstić information content (AvgIpc) is 3.69. The topological polar surface area (TPSA) is 138 Å². The van der Waals surface area contributed by atoms with Gasteiger partial charge in [0.2, 0.25) is 11.8 Å². The Morgan fingerprint density at radius 3 is 2.68 bits per heavy atom. The Kier molecular flexibility index (Phi) is 12.2. The van der Waals surface area contributed by atoms with E-state index in [1.54, 1.807) is 19.2 Å². The number of benzene rings is 2. The predicted molar refractivity (Wildman–Crippen MR) is 247 cm³/mol. The molecule has 8 heterocycles. The molecule has 0 bridgehead atoms. The number of rotatable bonds is 10. The van der Waals surface area contributed by atoms with Gasteiger partial charge in [-0.3, -0.25) is 29.2 Å². The summed E-state index contributed by atoms with van der Waals surface area (Å²) in [6.07, 6.45) is 9.88. The van der Waals surface area contributed by atoms with Crippen LogP contribution in [0, 0.1) is 11.8 Å². The van der Waals surface area contributed by atoms with Crippen LogP contribution < -0.4 is 15.5 Å². The van der Waals surface area contributed by atoms with Crippen LogP contribution in [0.3, 0.4) is 0 Å². The van der Waals surface area contributed by atoms with E-state index in [2.05, 4.69) is 43.7 Å². The van der Waals surface area contributed by atoms with Gasteiger partial charge in [0.25, 0.3) is 12.3 Å². The minimum absolute atomic E-state index is 0.0223. The molecule has 8 aliphatic heterocycles. The first kappa shape index (κ1) is 43.8. The quantitative estimate of drug-likeness (QED) is 0.279. The number of ether oxygens (including phenoxy) is 1. The number of hydrogen-bond donors (Lipinski definition) is 2. The van der Waals surface area contributed by atoms with Crippen LogP contribution in [0.25, 0.3) is 5.57 Å². The summed E-state index contributed by atoms with van der Waals surface area (Å²) in [5.41, 5.74) is 6.43. The summed E-state index contributed by atoms with van der Waals surface area (Å²) in [6.45, 7) is 14.8. The molecule has 17 heteroatoms. The predicted octanol–water partition coefficient (Wildman–Crippen LogP) is 5.86. The first-order chi connectivity index (χ1) is 32.1. The van der Waals surface area contributed by atoms with Crippen molar-refractivity contribution in [2.75, 3.05) is 69.2 Å². The number of anilines is 2. The van der Waals surface area contributed by atoms with Crippen LogP contribution in [0.15, 0.2) is 83.1 Å². The van der Waals surface area contributed by atoms with E-state index >= 15 is 8.78 Å². The minimum atomic E-state index is -2.74. The highest BCUT2D eigenvalue weighted by molar-refractivity contribution is 6.04. The maximum atomic E-state index is 15.6. The standard InChI is InChI=1S/C49H58F2N10O5/c1-30-9-10-42(48(63)54-30)61-49(64)45-34(29-66-61)6-4-8-40(45)53-24-32-25-58(26-32)44-28-56(19-15-52-3)17-11-36(44)37-22-33-7-5-16-59(43(33)23-38(37)46(50)51)47-39-27-57(31(2)62)18-12-41(39)60(55-47)35-13-20-65-21-14-35/h4,6,8,11,15,19,22-23,28,32,35,39,41-42,46,53H,1,3,5,7,9-10,12-14,16-18,20-21,24-27,29H2,2H3,(H,54,63)/b19-15-. The number of hydrazone groups is 1. The van der Waals surface area contributed by atoms with Crippen molar-refractivity contribution in [3.63, 3.8) is 0 Å². The number of halogens is 2. The third-order valence-electron chi connectivity index (χ3n) is 14.5. The number of likely N-dealkylation sites (tertiary alicyclic amines) is 2. The van der Waals surface area contributed by atoms with Gasteiger partial charge in [-0.1, -0.05) is 24.8 Å². The van der Waals surface area contributed by atoms with Gasteiger partial charge in [-0.2, -0.15) is 5.10 Å². The van der Waals surface area contributed by atoms with Gasteiger partial charge in [0.15, 0.2) is 0 Å². The highest BCUT2D eigenvalue weighted by Crippen LogP contribution is 2.44. The number of carbonyl (C=O) groups excluding carboxylic acids is 3. The Balaban J connectivity index is 0.894. The number of alkyl halides is 2. The van der Waals surface area contributed by atoms with Gasteiger partial charge in [0, 0.05) is 119 Å². The lowest BCUT2D eigenvalue weighted by molar-refractivity contribution is -0.176. The molecule has 0 aliphatic carbocycles. The molecule has 0 radical (unpaired) electrons. The molecule has 0 saturated carbocycles. The molecule has 0 spiro atoms. The Morgan fingerprint density at radius 1 is 1.08 bits per heavy atom. The summed E-state index contributed by atoms with van der Waals surface area (Å²) >= 11 is 0. The molecule has 8 aliphatic rings. The molecule has 4 saturated heterocycles. The number of aliphatic imine (C=N–C) groups is 1. The second-order valence-corrected chi connectivity index (χ2v) is 18.6. The van der Waals surface area contributed by atoms with Crippen molar-refractivity contribution < 1.29 is 32.7 Å². The van der Waals surface area contributed by atoms with Crippen molar-refractivity contribution in [3.05, 3.63) is 101 Å². The van der Waals surface area contributed by atoms with Crippen molar-refractivity contribution >= 4 is 47.2 Å². The maximum Gasteiger partial charge on any atom is 0.280 e. The first-order valence-electron chi connectivity index (χ1n) is 23.4. The molecule has 0 aromatic heterocycles. The van der Waals surface area contributed by atoms with E-state index in [-0.39, 0.29) is 53.8 Å². The zero-order valence-corrected chi connectivity index (χ0v) is 37.5. The molecule has 15 nitrogen and oxygen atoms in total. The van der Waals surface area contributed by atoms with Gasteiger partial charge < -0.3 is 35.0 Å². The fraction of sp³-hybridized carbons (Fsp3) is 0.490. The van der Waals surface area contributed by atoms with E-state index in [1.807, 2.05) is 52.5 Å². The Morgan fingerprint density at radius 2 is 1.91 bits per heavy atom. The molecule has 2 aromatic rings. The van der Waals surface area contributed by atoms with E-state index in [9.17, 15) is 14.4 Å². The Hall–Kier alpha value is -6.07. The van der Waals surface area contributed by atoms with E-state index in [1.165, 1.54) is 5.06 Å². The van der Waals surface area contributed by atoms with Crippen molar-refractivity contribution in [3.8, 4) is 0 Å². The van der Waals surface area contributed by atoms with Crippen LogP contribution in [-0.2, 0) is 32.2 Å². The lowest BCUT2D eigenvalue weighted by atomic mass is 9.86. The monoisotopic (exact) mass is 904 g/mol. The number of hydrogen-bond acceptors (Lipinski definition) is 12. The van der Waals surface area contributed by atoms with Gasteiger partial charge in [-0.25, -0.2) is 13.8 Å². The summed E-state index contributed by atoms with van der Waals surface area (Å²) in [5, 5.41) is 15.1. The van der Waals surface area contributed by atoms with Gasteiger partial charge in [-0.15, -0.1) is 0 Å². The third-order valence-corrected chi connectivity index (χ3v) is 14.5. The number of hydroxylamine groups is 2. The molecular formula is C49H58F2N10O5. The molecule has 4 fully saturated rings. The molecule has 3 amide bonds. The summed E-state index contributed by atoms with van der Waals surface area (Å²) < 4.78 is 36.9. The molecule has 66 heavy (non-hydrogen) atoms. The van der Waals surface area contributed by atoms with E-state index < -0.39 is 12.5 Å². The van der Waals surface area contributed by atoms with Crippen LogP contribution in [0.4, 0.5) is 20.2 Å². The van der Waals surface area contributed by atoms with E-state index in [4.69, 9.17) is 14.7 Å². The Labute approximate surface area is 384 Å². The molecule has 10 rings (SSSR count). The number of amides is 3. The highest BCUT2D eigenvalue weighted by Gasteiger charge is 2.47. The fourth-order valence-electron chi connectivity index (χ4n) is 11.0. The number of nitrogens with one attached hydrogen (secondary N) is 2. The second-order valence-electron chi connectivity index (χ2n) is 18.6. The van der Waals surface area contributed by atoms with E-state index in [0.717, 1.165) is 66.0 Å². The van der Waals surface area contributed by atoms with Gasteiger partial charge in [0.1, 0.15) is 18.5 Å². The van der Waals surface area contributed by atoms with Crippen molar-refractivity contribution in [2.45, 2.75) is 83.0 Å². The van der Waals surface area contributed by atoms with Gasteiger partial charge >= 0.3 is 0 Å². The van der Waals surface area contributed by atoms with Crippen LogP contribution in [-0.4, -0.2) is 132 Å². The number of aryl methyl sites for hydroxylation is 1. The van der Waals surface area contributed by atoms with Crippen molar-refractivity contribution in [1.29, 1.82) is 0 Å². The lowest BCUT2D eigenvalue weighted by Gasteiger charge is -2.45. The third kappa shape index (κ3) is 8.24. The molecule has 348 valence electrons. The summed E-state index contributed by atoms with van der Waals surface area (Å²) in [4.78, 5) is 57.4. The summed E-state index contributed by atoms with van der Waals surface area (Å²) in [7, 11) is 0. The van der Waals surface area contributed by atoms with Crippen molar-refractivity contribution in [1.82, 2.24) is 30.1 Å². The largest absolute Gasteiger partial charge is 0.384 e. The number of nitrogens with zero attached hydrogens (tertiary/aromatic N) is 8. The van der Waals surface area contributed by atoms with Crippen LogP contribution in [0.5, 0.6) is 0 Å². The van der Waals surface area contributed by atoms with E-state index in [0.29, 0.717) is 94.4 Å². The number of fused-ring (bicyclic) bond motifs is 3. The zero-order valence-electron chi connectivity index (χ0n) is 37.5. The summed E-state index contributed by atoms with van der Waals surface area (Å²) in [5.74, 6) is 0.406. The number of amidine groups is 1. The highest BCUT2D eigenvalue weighted by atomic mass is 19.3. The average molecular weight is 905 g/mol. The SMILES string of the molecule is C=N/C=C\N1C=C(N2CC(CNc3cccc4c3C(=O)N(C3CCC(=C)NC3=O)OC4)C2)C(c2cc3c(cc2C(F)F)N(C2=NN(C4CCOCC4)C4CCN(C(C)=O)CC24)CCC3)=CC1. The van der Waals surface area contributed by atoms with Crippen LogP contribution >= 0.6 is 0 Å². The molecule has 2 aromatic carbocycles. The van der Waals surface area contributed by atoms with Crippen LogP contribution in [0.1, 0.15) is 84.5 Å². The van der Waals surface area contributed by atoms with Crippen LogP contribution in [0.2, 0.25) is 0 Å². The maximum absolute atomic E-state index is 15.6. The minimum Gasteiger partial charge on any atom is -0.384 e. The fourth-order valence-corrected chi connectivity index (χ4v) is 11.0. The van der Waals surface area contributed by atoms with Gasteiger partial charge in [-0.05, 0) is 86.6 Å². The normalized spacial score (nSPS) is 25.0. The molecule has 3 atom stereocenters. The number of allylic oxidation sites excluding steroid dienone is 2. The Bertz CT molecular complexity index is 2430. The lowest BCUT2D eigenvalue weighted by Crippen LogP contribution is -2.54. The van der Waals surface area contributed by atoms with Crippen molar-refractivity contribution in [2.24, 2.45) is 21.9 Å². The number of carbonyl (C=O) groups is 3. The van der Waals surface area contributed by atoms with Gasteiger partial charge in [0.05, 0.1) is 29.3 Å². The molecular weight excluding hydrogens is 847 g/mol. The second kappa shape index (κ2) is 18.3. The first-order valence-corrected chi connectivity index (χ1v) is 23.4. The smallest absolute Gasteiger partial charge is 0.280 e. The number of piperidine rings is 2. The zero-order chi connectivity index (χ0) is 45.6. The molecule has 3 unspecified atom stereocenters. The molecule has 2 N–H and O–H groups in total. The summed E-state index contributed by atoms with van der Waals surface area (Å²) in [6, 6.07) is 8.95.